The van der Waals surface area contributed by atoms with Crippen LogP contribution in [-0.4, -0.2) is 55.7 Å². The van der Waals surface area contributed by atoms with Gasteiger partial charge in [-0.2, -0.15) is 0 Å². The van der Waals surface area contributed by atoms with Crippen LogP contribution < -0.4 is 10.1 Å². The van der Waals surface area contributed by atoms with E-state index in [1.165, 1.54) is 11.1 Å². The fourth-order valence-electron chi connectivity index (χ4n) is 3.30. The lowest BCUT2D eigenvalue weighted by atomic mass is 9.94. The SMILES string of the molecule is CN(CC1Cc2ccccc2CN1C)C(=O)NCCOc1ccccc1. The summed E-state index contributed by atoms with van der Waals surface area (Å²) in [6.45, 7) is 2.58. The van der Waals surface area contributed by atoms with Gasteiger partial charge in [0.05, 0.1) is 6.54 Å². The van der Waals surface area contributed by atoms with Crippen LogP contribution in [0.15, 0.2) is 54.6 Å². The Morgan fingerprint density at radius 2 is 1.85 bits per heavy atom. The van der Waals surface area contributed by atoms with Crippen LogP contribution in [0.1, 0.15) is 11.1 Å². The zero-order valence-corrected chi connectivity index (χ0v) is 15.5. The van der Waals surface area contributed by atoms with Crippen molar-refractivity contribution >= 4 is 6.03 Å². The molecular weight excluding hydrogens is 326 g/mol. The average molecular weight is 353 g/mol. The molecule has 5 heteroatoms. The Morgan fingerprint density at radius 3 is 2.62 bits per heavy atom. The zero-order chi connectivity index (χ0) is 18.4. The molecule has 0 aromatic heterocycles. The zero-order valence-electron chi connectivity index (χ0n) is 15.5. The first kappa shape index (κ1) is 18.3. The summed E-state index contributed by atoms with van der Waals surface area (Å²) in [6, 6.07) is 18.5. The van der Waals surface area contributed by atoms with Gasteiger partial charge in [0, 0.05) is 26.2 Å². The minimum atomic E-state index is -0.0612. The molecule has 3 rings (SSSR count). The second-order valence-electron chi connectivity index (χ2n) is 6.82. The number of benzene rings is 2. The molecule has 1 heterocycles. The molecule has 1 atom stereocenters. The Bertz CT molecular complexity index is 720. The topological polar surface area (TPSA) is 44.8 Å². The van der Waals surface area contributed by atoms with Gasteiger partial charge in [-0.15, -0.1) is 0 Å². The standard InChI is InChI=1S/C21H27N3O2/c1-23-15-18-9-7-6-8-17(18)14-19(23)16-24(2)21(25)22-12-13-26-20-10-4-3-5-11-20/h3-11,19H,12-16H2,1-2H3,(H,22,25). The van der Waals surface area contributed by atoms with Gasteiger partial charge in [0.2, 0.25) is 0 Å². The monoisotopic (exact) mass is 353 g/mol. The maximum atomic E-state index is 12.3. The van der Waals surface area contributed by atoms with Gasteiger partial charge in [-0.05, 0) is 36.7 Å². The predicted molar refractivity (Wildman–Crippen MR) is 103 cm³/mol. The van der Waals surface area contributed by atoms with Crippen LogP contribution in [0, 0.1) is 0 Å². The van der Waals surface area contributed by atoms with E-state index in [-0.39, 0.29) is 6.03 Å². The molecule has 0 saturated heterocycles. The van der Waals surface area contributed by atoms with Crippen LogP contribution in [0.25, 0.3) is 0 Å². The molecule has 0 saturated carbocycles. The Hall–Kier alpha value is -2.53. The third-order valence-corrected chi connectivity index (χ3v) is 4.84. The van der Waals surface area contributed by atoms with E-state index in [9.17, 15) is 4.79 Å². The van der Waals surface area contributed by atoms with Crippen molar-refractivity contribution in [2.75, 3.05) is 33.8 Å². The molecular formula is C21H27N3O2. The van der Waals surface area contributed by atoms with Crippen molar-refractivity contribution in [1.82, 2.24) is 15.1 Å². The molecule has 1 aliphatic heterocycles. The number of fused-ring (bicyclic) bond motifs is 1. The summed E-state index contributed by atoms with van der Waals surface area (Å²) in [7, 11) is 3.97. The van der Waals surface area contributed by atoms with Gasteiger partial charge in [-0.1, -0.05) is 42.5 Å². The van der Waals surface area contributed by atoms with E-state index in [4.69, 9.17) is 4.74 Å². The van der Waals surface area contributed by atoms with E-state index in [0.717, 1.165) is 18.7 Å². The lowest BCUT2D eigenvalue weighted by molar-refractivity contribution is 0.159. The fourth-order valence-corrected chi connectivity index (χ4v) is 3.30. The highest BCUT2D eigenvalue weighted by Crippen LogP contribution is 2.22. The molecule has 5 nitrogen and oxygen atoms in total. The van der Waals surface area contributed by atoms with E-state index in [0.29, 0.717) is 25.7 Å². The molecule has 0 fully saturated rings. The highest BCUT2D eigenvalue weighted by Gasteiger charge is 2.25. The van der Waals surface area contributed by atoms with Gasteiger partial charge >= 0.3 is 6.03 Å². The molecule has 1 unspecified atom stereocenters. The summed E-state index contributed by atoms with van der Waals surface area (Å²) in [5.74, 6) is 0.817. The normalized spacial score (nSPS) is 16.6. The van der Waals surface area contributed by atoms with Crippen LogP contribution >= 0.6 is 0 Å². The highest BCUT2D eigenvalue weighted by molar-refractivity contribution is 5.73. The first-order chi connectivity index (χ1) is 12.6. The number of hydrogen-bond acceptors (Lipinski definition) is 3. The molecule has 2 aromatic rings. The van der Waals surface area contributed by atoms with Gasteiger partial charge in [0.1, 0.15) is 12.4 Å². The van der Waals surface area contributed by atoms with Crippen LogP contribution in [0.3, 0.4) is 0 Å². The van der Waals surface area contributed by atoms with Crippen molar-refractivity contribution in [3.8, 4) is 5.75 Å². The minimum Gasteiger partial charge on any atom is -0.492 e. The Balaban J connectivity index is 1.42. The van der Waals surface area contributed by atoms with Gasteiger partial charge in [0.15, 0.2) is 0 Å². The number of nitrogens with one attached hydrogen (secondary N) is 1. The predicted octanol–water partition coefficient (Wildman–Crippen LogP) is 2.76. The van der Waals surface area contributed by atoms with Crippen LogP contribution in [0.5, 0.6) is 5.75 Å². The number of ether oxygens (including phenoxy) is 1. The summed E-state index contributed by atoms with van der Waals surface area (Å²) >= 11 is 0. The molecule has 1 aliphatic rings. The van der Waals surface area contributed by atoms with E-state index in [1.807, 2.05) is 37.4 Å². The van der Waals surface area contributed by atoms with E-state index < -0.39 is 0 Å². The second-order valence-corrected chi connectivity index (χ2v) is 6.82. The smallest absolute Gasteiger partial charge is 0.317 e. The first-order valence-corrected chi connectivity index (χ1v) is 9.07. The Kier molecular flexibility index (Phi) is 6.12. The molecule has 0 radical (unpaired) electrons. The minimum absolute atomic E-state index is 0.0612. The maximum absolute atomic E-state index is 12.3. The fraction of sp³-hybridized carbons (Fsp3) is 0.381. The molecule has 0 aliphatic carbocycles. The number of amides is 2. The largest absolute Gasteiger partial charge is 0.492 e. The molecule has 1 N–H and O–H groups in total. The number of para-hydroxylation sites is 1. The molecule has 2 amide bonds. The number of carbonyl (C=O) groups is 1. The second kappa shape index (κ2) is 8.72. The summed E-state index contributed by atoms with van der Waals surface area (Å²) in [4.78, 5) is 16.4. The number of likely N-dealkylation sites (N-methyl/N-ethyl adjacent to an activating group) is 2. The number of nitrogens with zero attached hydrogens (tertiary/aromatic N) is 2. The van der Waals surface area contributed by atoms with Gasteiger partial charge < -0.3 is 15.0 Å². The van der Waals surface area contributed by atoms with Crippen molar-refractivity contribution in [3.63, 3.8) is 0 Å². The maximum Gasteiger partial charge on any atom is 0.317 e. The number of hydrogen-bond donors (Lipinski definition) is 1. The lowest BCUT2D eigenvalue weighted by Crippen LogP contribution is -2.48. The Labute approximate surface area is 155 Å². The first-order valence-electron chi connectivity index (χ1n) is 9.07. The highest BCUT2D eigenvalue weighted by atomic mass is 16.5. The van der Waals surface area contributed by atoms with E-state index in [1.54, 1.807) is 4.90 Å². The van der Waals surface area contributed by atoms with Crippen LogP contribution in [-0.2, 0) is 13.0 Å². The van der Waals surface area contributed by atoms with Crippen molar-refractivity contribution in [1.29, 1.82) is 0 Å². The molecule has 0 bridgehead atoms. The van der Waals surface area contributed by atoms with Crippen LogP contribution in [0.2, 0.25) is 0 Å². The molecule has 0 spiro atoms. The lowest BCUT2D eigenvalue weighted by Gasteiger charge is -2.36. The van der Waals surface area contributed by atoms with Gasteiger partial charge in [-0.25, -0.2) is 4.79 Å². The van der Waals surface area contributed by atoms with E-state index >= 15 is 0 Å². The van der Waals surface area contributed by atoms with Crippen molar-refractivity contribution < 1.29 is 9.53 Å². The third kappa shape index (κ3) is 4.76. The van der Waals surface area contributed by atoms with Crippen molar-refractivity contribution in [2.45, 2.75) is 19.0 Å². The van der Waals surface area contributed by atoms with Gasteiger partial charge in [0.25, 0.3) is 0 Å². The van der Waals surface area contributed by atoms with E-state index in [2.05, 4.69) is 41.5 Å². The van der Waals surface area contributed by atoms with Crippen molar-refractivity contribution in [2.24, 2.45) is 0 Å². The molecule has 2 aromatic carbocycles. The summed E-state index contributed by atoms with van der Waals surface area (Å²) in [6.07, 6.45) is 0.974. The summed E-state index contributed by atoms with van der Waals surface area (Å²) in [5.41, 5.74) is 2.78. The van der Waals surface area contributed by atoms with Crippen molar-refractivity contribution in [3.05, 3.63) is 65.7 Å². The average Bonchev–Trinajstić information content (AvgIpc) is 2.66. The number of rotatable bonds is 6. The Morgan fingerprint density at radius 1 is 1.15 bits per heavy atom. The summed E-state index contributed by atoms with van der Waals surface area (Å²) in [5, 5.41) is 2.92. The quantitative estimate of drug-likeness (QED) is 0.812. The summed E-state index contributed by atoms with van der Waals surface area (Å²) < 4.78 is 5.60. The van der Waals surface area contributed by atoms with Crippen LogP contribution in [0.4, 0.5) is 4.79 Å². The van der Waals surface area contributed by atoms with Gasteiger partial charge in [-0.3, -0.25) is 4.90 Å². The molecule has 138 valence electrons. The number of urea groups is 1. The third-order valence-electron chi connectivity index (χ3n) is 4.84. The molecule has 26 heavy (non-hydrogen) atoms. The number of carbonyl (C=O) groups excluding carboxylic acids is 1.